The summed E-state index contributed by atoms with van der Waals surface area (Å²) in [6.45, 7) is 4.23. The van der Waals surface area contributed by atoms with Gasteiger partial charge in [0.25, 0.3) is 0 Å². The molecule has 1 aromatic rings. The smallest absolute Gasteiger partial charge is 0.120 e. The number of halogens is 1. The summed E-state index contributed by atoms with van der Waals surface area (Å²) in [5.41, 5.74) is 3.92. The Morgan fingerprint density at radius 3 is 2.46 bits per heavy atom. The first-order chi connectivity index (χ1) is 6.11. The van der Waals surface area contributed by atoms with Gasteiger partial charge in [-0.2, -0.15) is 0 Å². The molecule has 13 heavy (non-hydrogen) atoms. The highest BCUT2D eigenvalue weighted by atomic mass is 127. The summed E-state index contributed by atoms with van der Waals surface area (Å²) in [6, 6.07) is 2.13. The normalized spacial score (nSPS) is 10.2. The van der Waals surface area contributed by atoms with Crippen molar-refractivity contribution >= 4 is 38.0 Å². The fourth-order valence-corrected chi connectivity index (χ4v) is 2.62. The van der Waals surface area contributed by atoms with E-state index in [1.165, 1.54) is 16.7 Å². The van der Waals surface area contributed by atoms with Crippen molar-refractivity contribution in [3.8, 4) is 5.75 Å². The van der Waals surface area contributed by atoms with Crippen LogP contribution < -0.4 is 9.92 Å². The Hall–Kier alpha value is -0.0331. The first-order valence-corrected chi connectivity index (χ1v) is 6.09. The van der Waals surface area contributed by atoms with E-state index >= 15 is 0 Å². The van der Waals surface area contributed by atoms with E-state index in [1.54, 1.807) is 7.11 Å². The molecule has 0 aliphatic heterocycles. The minimum atomic E-state index is 0.947. The van der Waals surface area contributed by atoms with E-state index < -0.39 is 0 Å². The zero-order valence-electron chi connectivity index (χ0n) is 8.07. The number of benzene rings is 1. The molecule has 0 atom stereocenters. The minimum Gasteiger partial charge on any atom is -0.497 e. The fraction of sp³-hybridized carbons (Fsp3) is 0.400. The minimum absolute atomic E-state index is 0.947. The van der Waals surface area contributed by atoms with Gasteiger partial charge in [-0.05, 0) is 35.7 Å². The molecule has 1 rings (SSSR count). The average molecular weight is 303 g/mol. The molecule has 0 saturated carbocycles. The zero-order chi connectivity index (χ0) is 10.0. The summed E-state index contributed by atoms with van der Waals surface area (Å²) in [5, 5.41) is 1.04. The fourth-order valence-electron chi connectivity index (χ4n) is 1.36. The number of rotatable bonds is 2. The molecule has 0 heterocycles. The van der Waals surface area contributed by atoms with Gasteiger partial charge in [0.05, 0.1) is 17.4 Å². The van der Waals surface area contributed by atoms with E-state index in [-0.39, 0.29) is 0 Å². The van der Waals surface area contributed by atoms with Crippen LogP contribution in [0.3, 0.4) is 0 Å². The van der Waals surface area contributed by atoms with Crippen LogP contribution in [-0.2, 0) is 4.43 Å². The second-order valence-corrected chi connectivity index (χ2v) is 4.30. The third kappa shape index (κ3) is 2.07. The van der Waals surface area contributed by atoms with Gasteiger partial charge in [0, 0.05) is 4.43 Å². The van der Waals surface area contributed by atoms with Gasteiger partial charge in [-0.3, -0.25) is 0 Å². The summed E-state index contributed by atoms with van der Waals surface area (Å²) >= 11 is 2.37. The zero-order valence-corrected chi connectivity index (χ0v) is 11.2. The molecule has 0 N–H and O–H groups in total. The molecule has 0 saturated heterocycles. The molecule has 0 amide bonds. The monoisotopic (exact) mass is 303 g/mol. The van der Waals surface area contributed by atoms with Crippen molar-refractivity contribution < 1.29 is 4.74 Å². The Bertz CT molecular complexity index is 323. The largest absolute Gasteiger partial charge is 0.497 e. The van der Waals surface area contributed by atoms with Crippen LogP contribution in [-0.4, -0.2) is 17.4 Å². The lowest BCUT2D eigenvalue weighted by Gasteiger charge is -2.14. The molecule has 3 heteroatoms. The molecule has 0 aliphatic carbocycles. The quantitative estimate of drug-likeness (QED) is 0.461. The van der Waals surface area contributed by atoms with E-state index in [9.17, 15) is 0 Å². The maximum absolute atomic E-state index is 5.31. The van der Waals surface area contributed by atoms with Crippen LogP contribution in [0.1, 0.15) is 16.7 Å². The molecule has 0 spiro atoms. The Labute approximate surface area is 96.4 Å². The van der Waals surface area contributed by atoms with E-state index in [4.69, 9.17) is 4.74 Å². The Morgan fingerprint density at radius 1 is 1.38 bits per heavy atom. The van der Waals surface area contributed by atoms with Crippen LogP contribution in [0.5, 0.6) is 5.75 Å². The molecule has 0 unspecified atom stereocenters. The van der Waals surface area contributed by atoms with Crippen molar-refractivity contribution in [2.45, 2.75) is 18.3 Å². The lowest BCUT2D eigenvalue weighted by molar-refractivity contribution is 0.414. The number of ether oxygens (including phenoxy) is 1. The van der Waals surface area contributed by atoms with E-state index in [2.05, 4.69) is 52.7 Å². The highest BCUT2D eigenvalue weighted by Gasteiger charge is 2.08. The topological polar surface area (TPSA) is 9.23 Å². The first kappa shape index (κ1) is 11.0. The number of hydrogen-bond donors (Lipinski definition) is 0. The summed E-state index contributed by atoms with van der Waals surface area (Å²) in [6.07, 6.45) is 0. The maximum atomic E-state index is 5.31. The predicted molar refractivity (Wildman–Crippen MR) is 65.6 cm³/mol. The summed E-state index contributed by atoms with van der Waals surface area (Å²) < 4.78 is 6.34. The number of methoxy groups -OCH3 is 1. The number of hydrogen-bond acceptors (Lipinski definition) is 1. The second kappa shape index (κ2) is 4.46. The van der Waals surface area contributed by atoms with Crippen LogP contribution in [0.15, 0.2) is 6.07 Å². The van der Waals surface area contributed by atoms with E-state index in [0.717, 1.165) is 15.4 Å². The lowest BCUT2D eigenvalue weighted by atomic mass is 10.0. The van der Waals surface area contributed by atoms with Crippen molar-refractivity contribution in [3.63, 3.8) is 0 Å². The summed E-state index contributed by atoms with van der Waals surface area (Å²) in [7, 11) is 5.26. The van der Waals surface area contributed by atoms with Gasteiger partial charge in [0.1, 0.15) is 5.75 Å². The molecule has 0 aromatic heterocycles. The average Bonchev–Trinajstić information content (AvgIpc) is 2.12. The molecule has 1 nitrogen and oxygen atoms in total. The van der Waals surface area contributed by atoms with Gasteiger partial charge in [0.15, 0.2) is 0 Å². The van der Waals surface area contributed by atoms with Gasteiger partial charge >= 0.3 is 0 Å². The molecule has 0 aliphatic rings. The standard InChI is InChI=1S/C10H12IOSi/c1-6-7(2)10(12-3)9(13)4-8(6)5-11/h4H,5H2,1-3H3. The van der Waals surface area contributed by atoms with Crippen molar-refractivity contribution in [2.75, 3.05) is 7.11 Å². The van der Waals surface area contributed by atoms with E-state index in [0.29, 0.717) is 0 Å². The summed E-state index contributed by atoms with van der Waals surface area (Å²) in [4.78, 5) is 0. The Balaban J connectivity index is 3.37. The van der Waals surface area contributed by atoms with Crippen molar-refractivity contribution in [1.82, 2.24) is 0 Å². The van der Waals surface area contributed by atoms with Crippen LogP contribution in [0.2, 0.25) is 0 Å². The van der Waals surface area contributed by atoms with Gasteiger partial charge in [-0.1, -0.05) is 28.7 Å². The van der Waals surface area contributed by atoms with Crippen LogP contribution in [0, 0.1) is 13.8 Å². The Morgan fingerprint density at radius 2 is 2.00 bits per heavy atom. The highest BCUT2D eigenvalue weighted by molar-refractivity contribution is 14.1. The van der Waals surface area contributed by atoms with Gasteiger partial charge in [-0.25, -0.2) is 0 Å². The van der Waals surface area contributed by atoms with Crippen molar-refractivity contribution in [3.05, 3.63) is 22.8 Å². The van der Waals surface area contributed by atoms with Crippen molar-refractivity contribution in [2.24, 2.45) is 0 Å². The number of alkyl halides is 1. The summed E-state index contributed by atoms with van der Waals surface area (Å²) in [5.74, 6) is 0.947. The molecule has 1 aromatic carbocycles. The Kier molecular flexibility index (Phi) is 3.79. The molecular weight excluding hydrogens is 291 g/mol. The molecular formula is C10H12IOSi. The molecule has 0 bridgehead atoms. The molecule has 0 fully saturated rings. The van der Waals surface area contributed by atoms with Crippen molar-refractivity contribution in [1.29, 1.82) is 0 Å². The van der Waals surface area contributed by atoms with Crippen LogP contribution >= 0.6 is 22.6 Å². The van der Waals surface area contributed by atoms with Gasteiger partial charge in [0.2, 0.25) is 0 Å². The predicted octanol–water partition coefficient (Wildman–Crippen LogP) is 2.04. The third-order valence-corrected chi connectivity index (χ3v) is 3.49. The van der Waals surface area contributed by atoms with E-state index in [1.807, 2.05) is 0 Å². The maximum Gasteiger partial charge on any atom is 0.120 e. The molecule has 3 radical (unpaired) electrons. The second-order valence-electron chi connectivity index (χ2n) is 3.00. The van der Waals surface area contributed by atoms with Crippen LogP contribution in [0.25, 0.3) is 0 Å². The molecule has 69 valence electrons. The van der Waals surface area contributed by atoms with Gasteiger partial charge < -0.3 is 4.74 Å². The highest BCUT2D eigenvalue weighted by Crippen LogP contribution is 2.22. The lowest BCUT2D eigenvalue weighted by Crippen LogP contribution is -2.11. The third-order valence-electron chi connectivity index (χ3n) is 2.30. The van der Waals surface area contributed by atoms with Crippen LogP contribution in [0.4, 0.5) is 0 Å². The SMILES string of the molecule is COc1c([Si])cc(CI)c(C)c1C. The van der Waals surface area contributed by atoms with Gasteiger partial charge in [-0.15, -0.1) is 0 Å². The first-order valence-electron chi connectivity index (χ1n) is 4.06.